The number of fused-ring (bicyclic) bond motifs is 1. The second-order valence-electron chi connectivity index (χ2n) is 8.21. The largest absolute Gasteiger partial charge is 0.497 e. The van der Waals surface area contributed by atoms with Crippen molar-refractivity contribution in [1.29, 1.82) is 0 Å². The highest BCUT2D eigenvalue weighted by molar-refractivity contribution is 6.14. The van der Waals surface area contributed by atoms with E-state index in [9.17, 15) is 9.59 Å². The summed E-state index contributed by atoms with van der Waals surface area (Å²) in [5.41, 5.74) is 1.84. The van der Waals surface area contributed by atoms with E-state index in [1.165, 1.54) is 7.11 Å². The monoisotopic (exact) mass is 463 g/mol. The van der Waals surface area contributed by atoms with Gasteiger partial charge in [-0.05, 0) is 67.8 Å². The molecular formula is C26H29N3O5. The van der Waals surface area contributed by atoms with E-state index >= 15 is 0 Å². The van der Waals surface area contributed by atoms with Gasteiger partial charge in [0.2, 0.25) is 0 Å². The molecule has 1 saturated heterocycles. The van der Waals surface area contributed by atoms with Crippen LogP contribution in [0.2, 0.25) is 0 Å². The first-order valence-electron chi connectivity index (χ1n) is 11.4. The van der Waals surface area contributed by atoms with Crippen molar-refractivity contribution < 1.29 is 23.8 Å². The Morgan fingerprint density at radius 1 is 1.06 bits per heavy atom. The Hall–Kier alpha value is -3.81. The highest BCUT2D eigenvalue weighted by atomic mass is 16.5. The summed E-state index contributed by atoms with van der Waals surface area (Å²) < 4.78 is 16.5. The summed E-state index contributed by atoms with van der Waals surface area (Å²) in [6.07, 6.45) is 5.01. The van der Waals surface area contributed by atoms with E-state index in [0.717, 1.165) is 43.6 Å². The number of nitrogens with zero attached hydrogens (tertiary/aromatic N) is 2. The van der Waals surface area contributed by atoms with Crippen molar-refractivity contribution in [2.45, 2.75) is 38.7 Å². The molecule has 4 rings (SSSR count). The first-order valence-corrected chi connectivity index (χ1v) is 11.4. The summed E-state index contributed by atoms with van der Waals surface area (Å²) in [5.74, 6) is 2.11. The number of rotatable bonds is 7. The molecule has 34 heavy (non-hydrogen) atoms. The van der Waals surface area contributed by atoms with Gasteiger partial charge in [-0.1, -0.05) is 12.5 Å². The minimum Gasteiger partial charge on any atom is -0.497 e. The number of amidine groups is 1. The molecule has 0 bridgehead atoms. The molecule has 0 spiro atoms. The molecule has 0 aliphatic carbocycles. The average Bonchev–Trinajstić information content (AvgIpc) is 3.00. The average molecular weight is 464 g/mol. The van der Waals surface area contributed by atoms with Gasteiger partial charge in [0.05, 0.1) is 14.2 Å². The minimum absolute atomic E-state index is 0.0555. The van der Waals surface area contributed by atoms with Gasteiger partial charge in [-0.2, -0.15) is 0 Å². The third-order valence-electron chi connectivity index (χ3n) is 5.83. The van der Waals surface area contributed by atoms with Crippen LogP contribution in [0.3, 0.4) is 0 Å². The highest BCUT2D eigenvalue weighted by Crippen LogP contribution is 2.31. The van der Waals surface area contributed by atoms with Crippen LogP contribution in [-0.4, -0.2) is 49.4 Å². The zero-order valence-corrected chi connectivity index (χ0v) is 19.7. The zero-order valence-electron chi connectivity index (χ0n) is 19.7. The quantitative estimate of drug-likeness (QED) is 0.620. The second kappa shape index (κ2) is 10.4. The smallest absolute Gasteiger partial charge is 0.277 e. The van der Waals surface area contributed by atoms with Crippen LogP contribution in [0.1, 0.15) is 38.2 Å². The minimum atomic E-state index is -0.761. The van der Waals surface area contributed by atoms with Gasteiger partial charge in [-0.25, -0.2) is 4.99 Å². The Balaban J connectivity index is 1.45. The Bertz CT molecular complexity index is 1120. The maximum Gasteiger partial charge on any atom is 0.277 e. The molecule has 2 aliphatic rings. The molecule has 2 aromatic rings. The molecule has 178 valence electrons. The predicted molar refractivity (Wildman–Crippen MR) is 130 cm³/mol. The summed E-state index contributed by atoms with van der Waals surface area (Å²) in [6.45, 7) is 2.39. The number of carbonyl (C=O) groups is 2. The van der Waals surface area contributed by atoms with E-state index in [1.54, 1.807) is 61.4 Å². The van der Waals surface area contributed by atoms with Gasteiger partial charge in [-0.3, -0.25) is 14.5 Å². The number of aliphatic imine (C=N–C) groups is 1. The van der Waals surface area contributed by atoms with Crippen LogP contribution in [-0.2, 0) is 9.59 Å². The number of carbonyl (C=O) groups excluding carboxylic acids is 2. The summed E-state index contributed by atoms with van der Waals surface area (Å²) in [4.78, 5) is 31.7. The van der Waals surface area contributed by atoms with E-state index in [0.29, 0.717) is 28.6 Å². The van der Waals surface area contributed by atoms with Crippen molar-refractivity contribution >= 4 is 29.4 Å². The molecule has 2 amide bonds. The summed E-state index contributed by atoms with van der Waals surface area (Å²) in [7, 11) is 3.12. The number of methoxy groups -OCH3 is 2. The highest BCUT2D eigenvalue weighted by Gasteiger charge is 2.30. The van der Waals surface area contributed by atoms with Crippen LogP contribution in [0, 0.1) is 0 Å². The van der Waals surface area contributed by atoms with Gasteiger partial charge in [0.1, 0.15) is 17.3 Å². The van der Waals surface area contributed by atoms with Crippen molar-refractivity contribution in [1.82, 2.24) is 4.90 Å². The summed E-state index contributed by atoms with van der Waals surface area (Å²) in [6, 6.07) is 12.4. The van der Waals surface area contributed by atoms with Gasteiger partial charge in [-0.15, -0.1) is 0 Å². The standard InChI is InChI=1S/C26H29N3O5/c1-17(25(30)27-19-9-11-20(32-2)12-10-19)34-22-13-8-18(16-23(22)33-3)15-21-26(31)29-14-6-4-5-7-24(29)28-21/h8-13,15-17H,4-7,14H2,1-3H3,(H,27,30)/b21-15+. The first kappa shape index (κ1) is 23.4. The van der Waals surface area contributed by atoms with Crippen molar-refractivity contribution in [3.63, 3.8) is 0 Å². The van der Waals surface area contributed by atoms with Crippen LogP contribution < -0.4 is 19.5 Å². The van der Waals surface area contributed by atoms with Gasteiger partial charge in [0.25, 0.3) is 11.8 Å². The number of anilines is 1. The molecule has 8 nitrogen and oxygen atoms in total. The van der Waals surface area contributed by atoms with E-state index in [1.807, 2.05) is 6.07 Å². The maximum atomic E-state index is 12.8. The topological polar surface area (TPSA) is 89.5 Å². The molecule has 1 unspecified atom stereocenters. The van der Waals surface area contributed by atoms with Crippen LogP contribution in [0.25, 0.3) is 6.08 Å². The maximum absolute atomic E-state index is 12.8. The lowest BCUT2D eigenvalue weighted by Crippen LogP contribution is -2.31. The second-order valence-corrected chi connectivity index (χ2v) is 8.21. The molecule has 2 aliphatic heterocycles. The third kappa shape index (κ3) is 5.22. The molecule has 1 atom stereocenters. The lowest BCUT2D eigenvalue weighted by atomic mass is 10.1. The van der Waals surface area contributed by atoms with E-state index in [-0.39, 0.29) is 11.8 Å². The van der Waals surface area contributed by atoms with Crippen LogP contribution in [0.15, 0.2) is 53.2 Å². The molecule has 1 fully saturated rings. The van der Waals surface area contributed by atoms with Crippen molar-refractivity contribution in [3.8, 4) is 17.2 Å². The van der Waals surface area contributed by atoms with Crippen LogP contribution in [0.4, 0.5) is 5.69 Å². The fourth-order valence-electron chi connectivity index (χ4n) is 3.94. The fraction of sp³-hybridized carbons (Fsp3) is 0.346. The zero-order chi connectivity index (χ0) is 24.1. The van der Waals surface area contributed by atoms with E-state index in [2.05, 4.69) is 10.3 Å². The Labute approximate surface area is 199 Å². The van der Waals surface area contributed by atoms with Crippen LogP contribution >= 0.6 is 0 Å². The Morgan fingerprint density at radius 2 is 1.85 bits per heavy atom. The van der Waals surface area contributed by atoms with Gasteiger partial charge in [0.15, 0.2) is 17.6 Å². The molecule has 2 heterocycles. The molecule has 0 saturated carbocycles. The number of nitrogens with one attached hydrogen (secondary N) is 1. The molecule has 0 radical (unpaired) electrons. The van der Waals surface area contributed by atoms with Crippen molar-refractivity contribution in [3.05, 3.63) is 53.7 Å². The Kier molecular flexibility index (Phi) is 7.15. The van der Waals surface area contributed by atoms with Gasteiger partial charge >= 0.3 is 0 Å². The van der Waals surface area contributed by atoms with Gasteiger partial charge < -0.3 is 19.5 Å². The lowest BCUT2D eigenvalue weighted by Gasteiger charge is -2.17. The predicted octanol–water partition coefficient (Wildman–Crippen LogP) is 4.27. The fourth-order valence-corrected chi connectivity index (χ4v) is 3.94. The van der Waals surface area contributed by atoms with E-state index < -0.39 is 6.10 Å². The number of ether oxygens (including phenoxy) is 3. The van der Waals surface area contributed by atoms with Crippen molar-refractivity contribution in [2.75, 3.05) is 26.1 Å². The van der Waals surface area contributed by atoms with Gasteiger partial charge in [0, 0.05) is 18.7 Å². The SMILES string of the molecule is COc1ccc(NC(=O)C(C)Oc2ccc(/C=C3/N=C4CCCCCN4C3=O)cc2OC)cc1. The third-order valence-corrected chi connectivity index (χ3v) is 5.83. The number of benzene rings is 2. The normalized spacial score (nSPS) is 17.5. The molecule has 2 aromatic carbocycles. The summed E-state index contributed by atoms with van der Waals surface area (Å²) >= 11 is 0. The molecular weight excluding hydrogens is 434 g/mol. The molecule has 0 aromatic heterocycles. The van der Waals surface area contributed by atoms with Crippen molar-refractivity contribution in [2.24, 2.45) is 4.99 Å². The Morgan fingerprint density at radius 3 is 2.59 bits per heavy atom. The first-order chi connectivity index (χ1) is 16.5. The van der Waals surface area contributed by atoms with Crippen LogP contribution in [0.5, 0.6) is 17.2 Å². The lowest BCUT2D eigenvalue weighted by molar-refractivity contribution is -0.123. The number of hydrogen-bond donors (Lipinski definition) is 1. The molecule has 1 N–H and O–H groups in total. The molecule has 8 heteroatoms. The summed E-state index contributed by atoms with van der Waals surface area (Å²) in [5, 5.41) is 2.82. The number of amides is 2. The number of hydrogen-bond acceptors (Lipinski definition) is 6. The van der Waals surface area contributed by atoms with E-state index in [4.69, 9.17) is 14.2 Å².